The van der Waals surface area contributed by atoms with Crippen molar-refractivity contribution >= 4 is 47.2 Å². The van der Waals surface area contributed by atoms with Crippen LogP contribution in [-0.2, 0) is 24.6 Å². The number of phenolic OH excluding ortho intramolecular Hbond substituents is 1. The van der Waals surface area contributed by atoms with Gasteiger partial charge in [-0.25, -0.2) is 4.39 Å². The number of amides is 2. The maximum atomic E-state index is 15.2. The van der Waals surface area contributed by atoms with Crippen LogP contribution >= 0.6 is 0 Å². The van der Waals surface area contributed by atoms with Crippen LogP contribution in [0.4, 0.5) is 10.1 Å². The van der Waals surface area contributed by atoms with Gasteiger partial charge in [0.15, 0.2) is 23.1 Å². The molecular formula is C40H31BFNO7. The van der Waals surface area contributed by atoms with Gasteiger partial charge >= 0.3 is 7.12 Å². The predicted octanol–water partition coefficient (Wildman–Crippen LogP) is 4.24. The lowest BCUT2D eigenvalue weighted by atomic mass is 9.44. The Balaban J connectivity index is 1.34. The lowest BCUT2D eigenvalue weighted by Gasteiger charge is -2.55. The molecule has 8 nitrogen and oxygen atoms in total. The van der Waals surface area contributed by atoms with Crippen molar-refractivity contribution < 1.29 is 38.7 Å². The van der Waals surface area contributed by atoms with E-state index in [-0.39, 0.29) is 41.1 Å². The largest absolute Gasteiger partial charge is 0.505 e. The molecule has 1 saturated carbocycles. The average Bonchev–Trinajstić information content (AvgIpc) is 3.39. The summed E-state index contributed by atoms with van der Waals surface area (Å²) in [5.41, 5.74) is 1.21. The minimum atomic E-state index is -1.81. The standard InChI is InChI=1S/C40H31BFNO7/c42-32-18-23(14-17-33(32)44)36-27-15-16-28-35(39(48)43(38(28)47)26-13-7-12-25(19-26)41(49)50)30(27)20-31-37(46)29(22-8-3-1-4-9-22)21-34(45)40(31,36)24-10-5-2-6-11-24/h1-15,17-19,21,28,30-31,35-36,44,49-50H,16,20H2. The minimum Gasteiger partial charge on any atom is -0.505 e. The highest BCUT2D eigenvalue weighted by molar-refractivity contribution is 6.58. The number of carbonyl (C=O) groups is 4. The Kier molecular flexibility index (Phi) is 7.54. The second kappa shape index (κ2) is 11.9. The van der Waals surface area contributed by atoms with Crippen molar-refractivity contribution in [2.45, 2.75) is 24.2 Å². The third kappa shape index (κ3) is 4.59. The van der Waals surface area contributed by atoms with Crippen molar-refractivity contribution in [3.8, 4) is 5.75 Å². The number of halogens is 1. The van der Waals surface area contributed by atoms with E-state index in [2.05, 4.69) is 0 Å². The molecule has 6 unspecified atom stereocenters. The molecule has 0 radical (unpaired) electrons. The monoisotopic (exact) mass is 667 g/mol. The van der Waals surface area contributed by atoms with Crippen LogP contribution in [0, 0.1) is 29.5 Å². The Hall–Kier alpha value is -5.45. The zero-order valence-electron chi connectivity index (χ0n) is 26.6. The SMILES string of the molecule is O=C1C(c2ccccc2)=CC(=O)C2(c3ccccc3)C1CC1C(=CCC3C(=O)N(c4cccc(B(O)O)c4)C(=O)C31)C2c1ccc(O)c(F)c1. The molecule has 2 amide bonds. The summed E-state index contributed by atoms with van der Waals surface area (Å²) in [6, 6.07) is 27.8. The number of benzene rings is 4. The Labute approximate surface area is 287 Å². The molecule has 3 N–H and O–H groups in total. The molecule has 1 heterocycles. The zero-order valence-corrected chi connectivity index (χ0v) is 26.6. The van der Waals surface area contributed by atoms with Gasteiger partial charge < -0.3 is 15.2 Å². The molecule has 10 heteroatoms. The highest BCUT2D eigenvalue weighted by Crippen LogP contribution is 2.63. The summed E-state index contributed by atoms with van der Waals surface area (Å²) in [6.45, 7) is 0. The fraction of sp³-hybridized carbons (Fsp3) is 0.200. The molecule has 3 aliphatic carbocycles. The maximum absolute atomic E-state index is 15.2. The van der Waals surface area contributed by atoms with Gasteiger partial charge in [-0.1, -0.05) is 90.5 Å². The summed E-state index contributed by atoms with van der Waals surface area (Å²) < 4.78 is 15.2. The molecule has 0 aromatic heterocycles. The van der Waals surface area contributed by atoms with Crippen molar-refractivity contribution in [3.05, 3.63) is 143 Å². The number of hydrogen-bond acceptors (Lipinski definition) is 7. The van der Waals surface area contributed by atoms with Gasteiger partial charge in [0.25, 0.3) is 0 Å². The molecule has 1 aliphatic heterocycles. The average molecular weight is 667 g/mol. The zero-order chi connectivity index (χ0) is 34.9. The third-order valence-corrected chi connectivity index (χ3v) is 11.1. The van der Waals surface area contributed by atoms with Crippen LogP contribution in [0.1, 0.15) is 35.4 Å². The number of hydrogen-bond donors (Lipinski definition) is 3. The summed E-state index contributed by atoms with van der Waals surface area (Å²) in [5.74, 6) is -7.25. The van der Waals surface area contributed by atoms with E-state index >= 15 is 4.39 Å². The van der Waals surface area contributed by atoms with Crippen molar-refractivity contribution in [2.75, 3.05) is 4.90 Å². The number of carbonyl (C=O) groups excluding carboxylic acids is 4. The quantitative estimate of drug-likeness (QED) is 0.165. The van der Waals surface area contributed by atoms with Crippen LogP contribution < -0.4 is 10.4 Å². The number of allylic oxidation sites excluding steroid dienone is 4. The Morgan fingerprint density at radius 3 is 2.22 bits per heavy atom. The molecule has 50 heavy (non-hydrogen) atoms. The number of fused-ring (bicyclic) bond motifs is 4. The number of phenols is 1. The second-order valence-electron chi connectivity index (χ2n) is 13.5. The van der Waals surface area contributed by atoms with E-state index in [1.54, 1.807) is 60.7 Å². The molecule has 1 saturated heterocycles. The maximum Gasteiger partial charge on any atom is 0.488 e. The van der Waals surface area contributed by atoms with Crippen LogP contribution in [0.15, 0.2) is 121 Å². The van der Waals surface area contributed by atoms with Crippen LogP contribution in [0.3, 0.4) is 0 Å². The third-order valence-electron chi connectivity index (χ3n) is 11.1. The van der Waals surface area contributed by atoms with Gasteiger partial charge in [-0.2, -0.15) is 0 Å². The lowest BCUT2D eigenvalue weighted by Crippen LogP contribution is -2.58. The molecule has 248 valence electrons. The first kappa shape index (κ1) is 31.8. The highest BCUT2D eigenvalue weighted by Gasteiger charge is 2.66. The molecule has 0 spiro atoms. The predicted molar refractivity (Wildman–Crippen MR) is 183 cm³/mol. The summed E-state index contributed by atoms with van der Waals surface area (Å²) in [5, 5.41) is 29.8. The number of anilines is 1. The Morgan fingerprint density at radius 2 is 1.52 bits per heavy atom. The number of Topliss-reactive ketones (excluding diaryl/α,β-unsaturated/α-hetero) is 1. The minimum absolute atomic E-state index is 0.0793. The lowest BCUT2D eigenvalue weighted by molar-refractivity contribution is -0.135. The summed E-state index contributed by atoms with van der Waals surface area (Å²) in [6.07, 6.45) is 3.51. The number of nitrogens with zero attached hydrogens (tertiary/aromatic N) is 1. The topological polar surface area (TPSA) is 132 Å². The second-order valence-corrected chi connectivity index (χ2v) is 13.5. The van der Waals surface area contributed by atoms with Crippen LogP contribution in [0.25, 0.3) is 5.57 Å². The first-order valence-corrected chi connectivity index (χ1v) is 16.6. The normalized spacial score (nSPS) is 27.3. The first-order chi connectivity index (χ1) is 24.1. The van der Waals surface area contributed by atoms with E-state index in [1.165, 1.54) is 36.4 Å². The summed E-state index contributed by atoms with van der Waals surface area (Å²) in [4.78, 5) is 59.5. The molecule has 4 aliphatic rings. The number of ketones is 2. The number of aromatic hydroxyl groups is 1. The molecule has 0 bridgehead atoms. The van der Waals surface area contributed by atoms with Gasteiger partial charge in [-0.3, -0.25) is 24.1 Å². The molecule has 4 aromatic rings. The first-order valence-electron chi connectivity index (χ1n) is 16.6. The Bertz CT molecular complexity index is 2150. The van der Waals surface area contributed by atoms with E-state index < -0.39 is 65.5 Å². The van der Waals surface area contributed by atoms with Crippen LogP contribution in [0.2, 0.25) is 0 Å². The molecule has 8 rings (SSSR count). The summed E-state index contributed by atoms with van der Waals surface area (Å²) in [7, 11) is -1.81. The van der Waals surface area contributed by atoms with E-state index in [9.17, 15) is 34.3 Å². The van der Waals surface area contributed by atoms with Crippen molar-refractivity contribution in [1.29, 1.82) is 0 Å². The number of rotatable bonds is 5. The number of imide groups is 1. The van der Waals surface area contributed by atoms with E-state index in [0.29, 0.717) is 22.3 Å². The van der Waals surface area contributed by atoms with Gasteiger partial charge in [0, 0.05) is 17.4 Å². The van der Waals surface area contributed by atoms with Crippen molar-refractivity contribution in [1.82, 2.24) is 0 Å². The molecule has 4 aromatic carbocycles. The fourth-order valence-corrected chi connectivity index (χ4v) is 9.03. The van der Waals surface area contributed by atoms with Crippen LogP contribution in [-0.4, -0.2) is 45.7 Å². The Morgan fingerprint density at radius 1 is 0.800 bits per heavy atom. The van der Waals surface area contributed by atoms with E-state index in [4.69, 9.17) is 0 Å². The molecule has 2 fully saturated rings. The smallest absolute Gasteiger partial charge is 0.488 e. The molecule has 6 atom stereocenters. The highest BCUT2D eigenvalue weighted by atomic mass is 19.1. The van der Waals surface area contributed by atoms with Gasteiger partial charge in [0.2, 0.25) is 11.8 Å². The fourth-order valence-electron chi connectivity index (χ4n) is 9.03. The van der Waals surface area contributed by atoms with E-state index in [0.717, 1.165) is 4.90 Å². The van der Waals surface area contributed by atoms with Gasteiger partial charge in [-0.05, 0) is 71.3 Å². The van der Waals surface area contributed by atoms with Gasteiger partial charge in [0.05, 0.1) is 22.9 Å². The van der Waals surface area contributed by atoms with Crippen LogP contribution in [0.5, 0.6) is 5.75 Å². The van der Waals surface area contributed by atoms with E-state index in [1.807, 2.05) is 18.2 Å². The van der Waals surface area contributed by atoms with Crippen molar-refractivity contribution in [2.24, 2.45) is 23.7 Å². The van der Waals surface area contributed by atoms with Gasteiger partial charge in [-0.15, -0.1) is 0 Å². The summed E-state index contributed by atoms with van der Waals surface area (Å²) >= 11 is 0. The van der Waals surface area contributed by atoms with Gasteiger partial charge in [0.1, 0.15) is 0 Å². The van der Waals surface area contributed by atoms with Crippen molar-refractivity contribution in [3.63, 3.8) is 0 Å². The molecular weight excluding hydrogens is 636 g/mol.